The normalized spacial score (nSPS) is 14.9. The molecule has 4 heteroatoms. The van der Waals surface area contributed by atoms with Gasteiger partial charge < -0.3 is 9.47 Å². The van der Waals surface area contributed by atoms with E-state index >= 15 is 0 Å². The van der Waals surface area contributed by atoms with E-state index in [4.69, 9.17) is 9.47 Å². The Balaban J connectivity index is 1.27. The van der Waals surface area contributed by atoms with Crippen molar-refractivity contribution in [3.05, 3.63) is 108 Å². The van der Waals surface area contributed by atoms with Gasteiger partial charge in [-0.1, -0.05) is 98.1 Å². The molecule has 0 unspecified atom stereocenters. The molecule has 190 valence electrons. The van der Waals surface area contributed by atoms with E-state index in [0.717, 1.165) is 70.0 Å². The minimum atomic E-state index is -0.921. The molecule has 1 aliphatic rings. The molecule has 1 fully saturated rings. The Bertz CT molecular complexity index is 1580. The zero-order valence-electron chi connectivity index (χ0n) is 21.3. The lowest BCUT2D eigenvalue weighted by Gasteiger charge is -2.28. The molecule has 0 bridgehead atoms. The molecule has 1 saturated carbocycles. The summed E-state index contributed by atoms with van der Waals surface area (Å²) in [7, 11) is 0. The molecule has 0 heterocycles. The molecule has 6 rings (SSSR count). The molecule has 1 atom stereocenters. The largest absolute Gasteiger partial charge is 0.458 e. The SMILES string of the molecule is O=C(O[C@@H](C(=O)OCc1c2ccccc2cc2ccccc12)C1CCCCC1)c1ccc2ccccc2c1. The van der Waals surface area contributed by atoms with Gasteiger partial charge in [-0.15, -0.1) is 0 Å². The van der Waals surface area contributed by atoms with Crippen LogP contribution in [-0.4, -0.2) is 18.0 Å². The van der Waals surface area contributed by atoms with Crippen molar-refractivity contribution in [2.45, 2.75) is 44.8 Å². The van der Waals surface area contributed by atoms with Gasteiger partial charge in [0.05, 0.1) is 5.56 Å². The molecular formula is C34H30O4. The third-order valence-electron chi connectivity index (χ3n) is 7.77. The van der Waals surface area contributed by atoms with E-state index in [1.807, 2.05) is 60.7 Å². The zero-order valence-corrected chi connectivity index (χ0v) is 21.3. The molecule has 0 spiro atoms. The Hall–Kier alpha value is -4.18. The lowest BCUT2D eigenvalue weighted by molar-refractivity contribution is -0.159. The average molecular weight is 503 g/mol. The van der Waals surface area contributed by atoms with Gasteiger partial charge in [0.2, 0.25) is 6.10 Å². The second kappa shape index (κ2) is 10.7. The first-order valence-corrected chi connectivity index (χ1v) is 13.4. The first-order chi connectivity index (χ1) is 18.7. The van der Waals surface area contributed by atoms with Crippen LogP contribution < -0.4 is 0 Å². The molecule has 0 radical (unpaired) electrons. The van der Waals surface area contributed by atoms with E-state index in [1.54, 1.807) is 6.07 Å². The number of carbonyl (C=O) groups is 2. The number of benzene rings is 5. The summed E-state index contributed by atoms with van der Waals surface area (Å²) in [5.41, 5.74) is 1.41. The molecule has 5 aromatic carbocycles. The highest BCUT2D eigenvalue weighted by Crippen LogP contribution is 2.32. The summed E-state index contributed by atoms with van der Waals surface area (Å²) in [6.45, 7) is 0.122. The fraction of sp³-hybridized carbons (Fsp3) is 0.235. The van der Waals surface area contributed by atoms with Gasteiger partial charge in [-0.25, -0.2) is 9.59 Å². The van der Waals surface area contributed by atoms with Crippen molar-refractivity contribution in [2.24, 2.45) is 5.92 Å². The minimum Gasteiger partial charge on any atom is -0.458 e. The number of esters is 2. The summed E-state index contributed by atoms with van der Waals surface area (Å²) in [4.78, 5) is 26.8. The van der Waals surface area contributed by atoms with Gasteiger partial charge in [-0.05, 0) is 63.4 Å². The number of hydrogen-bond acceptors (Lipinski definition) is 4. The Morgan fingerprint density at radius 1 is 0.684 bits per heavy atom. The van der Waals surface area contributed by atoms with Crippen LogP contribution in [0.25, 0.3) is 32.3 Å². The molecule has 0 saturated heterocycles. The quantitative estimate of drug-likeness (QED) is 0.174. The van der Waals surface area contributed by atoms with Crippen molar-refractivity contribution in [1.82, 2.24) is 0 Å². The Morgan fingerprint density at radius 3 is 1.97 bits per heavy atom. The zero-order chi connectivity index (χ0) is 25.9. The molecule has 5 aromatic rings. The van der Waals surface area contributed by atoms with Gasteiger partial charge in [0.15, 0.2) is 0 Å². The van der Waals surface area contributed by atoms with Gasteiger partial charge >= 0.3 is 11.9 Å². The van der Waals surface area contributed by atoms with Gasteiger partial charge in [0, 0.05) is 11.5 Å². The van der Waals surface area contributed by atoms with Crippen LogP contribution in [0.15, 0.2) is 97.1 Å². The van der Waals surface area contributed by atoms with Crippen molar-refractivity contribution in [2.75, 3.05) is 0 Å². The van der Waals surface area contributed by atoms with Crippen molar-refractivity contribution < 1.29 is 19.1 Å². The highest BCUT2D eigenvalue weighted by molar-refractivity contribution is 6.02. The summed E-state index contributed by atoms with van der Waals surface area (Å²) < 4.78 is 11.9. The number of fused-ring (bicyclic) bond motifs is 3. The molecule has 0 aliphatic heterocycles. The standard InChI is InChI=1S/C34H30O4/c35-33(28-19-18-23-10-4-5-13-25(23)20-28)38-32(24-11-2-1-3-12-24)34(36)37-22-31-29-16-8-6-14-26(29)21-27-15-7-9-17-30(27)31/h4-10,13-21,24,32H,1-3,11-12,22H2/t32-/m1/s1. The van der Waals surface area contributed by atoms with Crippen LogP contribution in [0.1, 0.15) is 48.0 Å². The van der Waals surface area contributed by atoms with Crippen molar-refractivity contribution >= 4 is 44.3 Å². The highest BCUT2D eigenvalue weighted by Gasteiger charge is 2.34. The van der Waals surface area contributed by atoms with Crippen LogP contribution in [0.3, 0.4) is 0 Å². The van der Waals surface area contributed by atoms with Crippen molar-refractivity contribution in [3.63, 3.8) is 0 Å². The highest BCUT2D eigenvalue weighted by atomic mass is 16.6. The van der Waals surface area contributed by atoms with Crippen LogP contribution in [0.2, 0.25) is 0 Å². The van der Waals surface area contributed by atoms with E-state index < -0.39 is 18.0 Å². The van der Waals surface area contributed by atoms with Crippen LogP contribution >= 0.6 is 0 Å². The van der Waals surface area contributed by atoms with E-state index in [-0.39, 0.29) is 12.5 Å². The van der Waals surface area contributed by atoms with E-state index in [0.29, 0.717) is 5.56 Å². The van der Waals surface area contributed by atoms with Crippen molar-refractivity contribution in [3.8, 4) is 0 Å². The molecule has 0 N–H and O–H groups in total. The third kappa shape index (κ3) is 4.87. The average Bonchev–Trinajstić information content (AvgIpc) is 2.98. The Kier molecular flexibility index (Phi) is 6.78. The summed E-state index contributed by atoms with van der Waals surface area (Å²) >= 11 is 0. The predicted octanol–water partition coefficient (Wildman–Crippen LogP) is 8.00. The molecule has 1 aliphatic carbocycles. The Labute approximate surface area is 222 Å². The fourth-order valence-electron chi connectivity index (χ4n) is 5.76. The third-order valence-corrected chi connectivity index (χ3v) is 7.77. The summed E-state index contributed by atoms with van der Waals surface area (Å²) in [5.74, 6) is -0.994. The maximum Gasteiger partial charge on any atom is 0.348 e. The summed E-state index contributed by atoms with van der Waals surface area (Å²) in [6, 6.07) is 31.8. The van der Waals surface area contributed by atoms with Crippen LogP contribution in [-0.2, 0) is 20.9 Å². The van der Waals surface area contributed by atoms with Crippen LogP contribution in [0.5, 0.6) is 0 Å². The number of hydrogen-bond donors (Lipinski definition) is 0. The van der Waals surface area contributed by atoms with Gasteiger partial charge in [-0.2, -0.15) is 0 Å². The van der Waals surface area contributed by atoms with Gasteiger partial charge in [0.1, 0.15) is 6.61 Å². The molecular weight excluding hydrogens is 472 g/mol. The first kappa shape index (κ1) is 24.2. The minimum absolute atomic E-state index is 0.0371. The van der Waals surface area contributed by atoms with Crippen LogP contribution in [0.4, 0.5) is 0 Å². The molecule has 0 aromatic heterocycles. The Morgan fingerprint density at radius 2 is 1.29 bits per heavy atom. The lowest BCUT2D eigenvalue weighted by Crippen LogP contribution is -2.37. The van der Waals surface area contributed by atoms with Gasteiger partial charge in [-0.3, -0.25) is 0 Å². The number of ether oxygens (including phenoxy) is 2. The topological polar surface area (TPSA) is 52.6 Å². The number of rotatable bonds is 6. The monoisotopic (exact) mass is 502 g/mol. The van der Waals surface area contributed by atoms with E-state index in [1.165, 1.54) is 0 Å². The molecule has 38 heavy (non-hydrogen) atoms. The second-order valence-electron chi connectivity index (χ2n) is 10.2. The lowest BCUT2D eigenvalue weighted by atomic mass is 9.85. The van der Waals surface area contributed by atoms with Gasteiger partial charge in [0.25, 0.3) is 0 Å². The maximum absolute atomic E-state index is 13.6. The van der Waals surface area contributed by atoms with Crippen LogP contribution in [0, 0.1) is 5.92 Å². The number of carbonyl (C=O) groups excluding carboxylic acids is 2. The summed E-state index contributed by atoms with van der Waals surface area (Å²) in [6.07, 6.45) is 3.96. The van der Waals surface area contributed by atoms with Crippen molar-refractivity contribution in [1.29, 1.82) is 0 Å². The fourth-order valence-corrected chi connectivity index (χ4v) is 5.76. The van der Waals surface area contributed by atoms with E-state index in [9.17, 15) is 9.59 Å². The van der Waals surface area contributed by atoms with E-state index in [2.05, 4.69) is 30.3 Å². The second-order valence-corrected chi connectivity index (χ2v) is 10.2. The predicted molar refractivity (Wildman–Crippen MR) is 151 cm³/mol. The molecule has 0 amide bonds. The maximum atomic E-state index is 13.6. The first-order valence-electron chi connectivity index (χ1n) is 13.4. The molecule has 4 nitrogen and oxygen atoms in total. The smallest absolute Gasteiger partial charge is 0.348 e. The summed E-state index contributed by atoms with van der Waals surface area (Å²) in [5, 5.41) is 6.33.